The van der Waals surface area contributed by atoms with E-state index in [1.165, 1.54) is 18.2 Å². The van der Waals surface area contributed by atoms with E-state index in [0.29, 0.717) is 25.7 Å². The predicted molar refractivity (Wildman–Crippen MR) is 81.7 cm³/mol. The van der Waals surface area contributed by atoms with Gasteiger partial charge in [0.05, 0.1) is 18.2 Å². The van der Waals surface area contributed by atoms with Crippen molar-refractivity contribution < 1.29 is 27.8 Å². The molecule has 0 unspecified atom stereocenters. The summed E-state index contributed by atoms with van der Waals surface area (Å²) in [5.74, 6) is -0.256. The van der Waals surface area contributed by atoms with Gasteiger partial charge in [-0.2, -0.15) is 13.2 Å². The highest BCUT2D eigenvalue weighted by Crippen LogP contribution is 2.35. The van der Waals surface area contributed by atoms with Crippen molar-refractivity contribution in [2.45, 2.75) is 44.0 Å². The van der Waals surface area contributed by atoms with E-state index >= 15 is 0 Å². The molecule has 0 bridgehead atoms. The van der Waals surface area contributed by atoms with Crippen LogP contribution in [0.1, 0.15) is 31.2 Å². The first-order chi connectivity index (χ1) is 11.4. The molecule has 1 aromatic carbocycles. The van der Waals surface area contributed by atoms with Gasteiger partial charge in [0, 0.05) is 6.04 Å². The van der Waals surface area contributed by atoms with Gasteiger partial charge in [-0.05, 0) is 37.8 Å². The topological polar surface area (TPSA) is 70.6 Å². The van der Waals surface area contributed by atoms with E-state index in [2.05, 4.69) is 10.6 Å². The van der Waals surface area contributed by atoms with E-state index in [0.717, 1.165) is 6.07 Å². The zero-order chi connectivity index (χ0) is 17.6. The molecule has 1 aromatic rings. The third-order valence-corrected chi connectivity index (χ3v) is 3.87. The number of carbonyl (C=O) groups excluding carboxylic acids is 1. The van der Waals surface area contributed by atoms with Crippen molar-refractivity contribution in [2.75, 3.05) is 13.2 Å². The van der Waals surface area contributed by atoms with Crippen molar-refractivity contribution in [1.29, 1.82) is 0 Å². The lowest BCUT2D eigenvalue weighted by molar-refractivity contribution is -0.138. The lowest BCUT2D eigenvalue weighted by Gasteiger charge is -2.26. The summed E-state index contributed by atoms with van der Waals surface area (Å²) in [7, 11) is 0. The summed E-state index contributed by atoms with van der Waals surface area (Å²) in [4.78, 5) is 11.7. The number of halogens is 3. The number of urea groups is 1. The zero-order valence-corrected chi connectivity index (χ0v) is 13.1. The molecule has 1 saturated carbocycles. The summed E-state index contributed by atoms with van der Waals surface area (Å²) < 4.78 is 43.5. The van der Waals surface area contributed by atoms with Crippen molar-refractivity contribution >= 4 is 6.03 Å². The molecule has 1 aliphatic rings. The standard InChI is InChI=1S/C16H21F3N2O3/c17-16(18,19)13-3-1-2-4-14(13)24-10-9-20-15(23)21-11-5-7-12(22)8-6-11/h1-4,11-12,22H,5-10H2,(H2,20,21,23). The van der Waals surface area contributed by atoms with Crippen molar-refractivity contribution in [3.05, 3.63) is 29.8 Å². The van der Waals surface area contributed by atoms with Gasteiger partial charge in [-0.15, -0.1) is 0 Å². The van der Waals surface area contributed by atoms with Crippen molar-refractivity contribution in [3.8, 4) is 5.75 Å². The van der Waals surface area contributed by atoms with Crippen LogP contribution in [-0.4, -0.2) is 36.4 Å². The molecular formula is C16H21F3N2O3. The molecule has 0 aliphatic heterocycles. The number of aliphatic hydroxyl groups excluding tert-OH is 1. The quantitative estimate of drug-likeness (QED) is 0.718. The molecule has 24 heavy (non-hydrogen) atoms. The van der Waals surface area contributed by atoms with Crippen LogP contribution in [0, 0.1) is 0 Å². The molecular weight excluding hydrogens is 325 g/mol. The Morgan fingerprint density at radius 2 is 1.88 bits per heavy atom. The third-order valence-electron chi connectivity index (χ3n) is 3.87. The smallest absolute Gasteiger partial charge is 0.419 e. The summed E-state index contributed by atoms with van der Waals surface area (Å²) in [6.07, 6.45) is -2.04. The molecule has 0 aromatic heterocycles. The summed E-state index contributed by atoms with van der Waals surface area (Å²) >= 11 is 0. The SMILES string of the molecule is O=C(NCCOc1ccccc1C(F)(F)F)NC1CCC(O)CC1. The normalized spacial score (nSPS) is 21.2. The molecule has 0 saturated heterocycles. The fraction of sp³-hybridized carbons (Fsp3) is 0.562. The molecule has 0 heterocycles. The van der Waals surface area contributed by atoms with Gasteiger partial charge in [0.1, 0.15) is 12.4 Å². The molecule has 2 rings (SSSR count). The molecule has 0 spiro atoms. The maximum Gasteiger partial charge on any atom is 0.419 e. The number of para-hydroxylation sites is 1. The van der Waals surface area contributed by atoms with Crippen LogP contribution in [0.3, 0.4) is 0 Å². The number of rotatable bonds is 5. The summed E-state index contributed by atoms with van der Waals surface area (Å²) in [5.41, 5.74) is -0.838. The molecule has 1 aliphatic carbocycles. The number of hydrogen-bond donors (Lipinski definition) is 3. The molecule has 0 radical (unpaired) electrons. The maximum atomic E-state index is 12.8. The maximum absolute atomic E-state index is 12.8. The first kappa shape index (κ1) is 18.4. The highest BCUT2D eigenvalue weighted by Gasteiger charge is 2.33. The number of aliphatic hydroxyl groups is 1. The van der Waals surface area contributed by atoms with Crippen LogP contribution in [0.25, 0.3) is 0 Å². The summed E-state index contributed by atoms with van der Waals surface area (Å²) in [6.45, 7) is 0.0251. The number of nitrogens with one attached hydrogen (secondary N) is 2. The molecule has 3 N–H and O–H groups in total. The highest BCUT2D eigenvalue weighted by molar-refractivity contribution is 5.74. The number of benzene rings is 1. The van der Waals surface area contributed by atoms with Gasteiger partial charge in [0.25, 0.3) is 0 Å². The zero-order valence-electron chi connectivity index (χ0n) is 13.1. The molecule has 8 heteroatoms. The largest absolute Gasteiger partial charge is 0.491 e. The van der Waals surface area contributed by atoms with E-state index < -0.39 is 11.7 Å². The van der Waals surface area contributed by atoms with Crippen LogP contribution >= 0.6 is 0 Å². The van der Waals surface area contributed by atoms with Gasteiger partial charge in [0.15, 0.2) is 0 Å². The van der Waals surface area contributed by atoms with E-state index in [1.54, 1.807) is 0 Å². The molecule has 1 fully saturated rings. The van der Waals surface area contributed by atoms with Crippen LogP contribution in [-0.2, 0) is 6.18 Å². The number of alkyl halides is 3. The number of hydrogen-bond acceptors (Lipinski definition) is 3. The van der Waals surface area contributed by atoms with E-state index in [4.69, 9.17) is 4.74 Å². The molecule has 134 valence electrons. The first-order valence-corrected chi connectivity index (χ1v) is 7.87. The minimum atomic E-state index is -4.48. The van der Waals surface area contributed by atoms with Crippen LogP contribution in [0.2, 0.25) is 0 Å². The number of amides is 2. The fourth-order valence-corrected chi connectivity index (χ4v) is 2.61. The molecule has 0 atom stereocenters. The predicted octanol–water partition coefficient (Wildman–Crippen LogP) is 2.69. The van der Waals surface area contributed by atoms with Crippen LogP contribution < -0.4 is 15.4 Å². The Balaban J connectivity index is 1.71. The summed E-state index contributed by atoms with van der Waals surface area (Å²) in [6, 6.07) is 4.58. The Morgan fingerprint density at radius 3 is 2.54 bits per heavy atom. The van der Waals surface area contributed by atoms with E-state index in [1.807, 2.05) is 0 Å². The second-order valence-corrected chi connectivity index (χ2v) is 5.75. The minimum Gasteiger partial charge on any atom is -0.491 e. The van der Waals surface area contributed by atoms with Crippen LogP contribution in [0.15, 0.2) is 24.3 Å². The van der Waals surface area contributed by atoms with Gasteiger partial charge in [-0.1, -0.05) is 12.1 Å². The Labute approximate surface area is 138 Å². The Bertz CT molecular complexity index is 544. The number of carbonyl (C=O) groups is 1. The van der Waals surface area contributed by atoms with Crippen LogP contribution in [0.4, 0.5) is 18.0 Å². The van der Waals surface area contributed by atoms with Gasteiger partial charge in [-0.3, -0.25) is 0 Å². The average Bonchev–Trinajstić information content (AvgIpc) is 2.53. The van der Waals surface area contributed by atoms with Crippen LogP contribution in [0.5, 0.6) is 5.75 Å². The van der Waals surface area contributed by atoms with Crippen molar-refractivity contribution in [2.24, 2.45) is 0 Å². The Morgan fingerprint density at radius 1 is 1.21 bits per heavy atom. The fourth-order valence-electron chi connectivity index (χ4n) is 2.61. The number of ether oxygens (including phenoxy) is 1. The minimum absolute atomic E-state index is 0.0141. The van der Waals surface area contributed by atoms with Gasteiger partial charge in [0.2, 0.25) is 0 Å². The van der Waals surface area contributed by atoms with Crippen molar-refractivity contribution in [1.82, 2.24) is 10.6 Å². The highest BCUT2D eigenvalue weighted by atomic mass is 19.4. The Hall–Kier alpha value is -1.96. The van der Waals surface area contributed by atoms with E-state index in [9.17, 15) is 23.1 Å². The monoisotopic (exact) mass is 346 g/mol. The molecule has 2 amide bonds. The average molecular weight is 346 g/mol. The first-order valence-electron chi connectivity index (χ1n) is 7.87. The lowest BCUT2D eigenvalue weighted by Crippen LogP contribution is -2.45. The van der Waals surface area contributed by atoms with Crippen molar-refractivity contribution in [3.63, 3.8) is 0 Å². The van der Waals surface area contributed by atoms with Gasteiger partial charge in [-0.25, -0.2) is 4.79 Å². The second kappa shape index (κ2) is 8.23. The lowest BCUT2D eigenvalue weighted by atomic mass is 9.93. The Kier molecular flexibility index (Phi) is 6.30. The second-order valence-electron chi connectivity index (χ2n) is 5.75. The third kappa shape index (κ3) is 5.59. The van der Waals surface area contributed by atoms with Gasteiger partial charge < -0.3 is 20.5 Å². The summed E-state index contributed by atoms with van der Waals surface area (Å²) in [5, 5.41) is 14.7. The van der Waals surface area contributed by atoms with E-state index in [-0.39, 0.29) is 37.1 Å². The molecule has 5 nitrogen and oxygen atoms in total. The van der Waals surface area contributed by atoms with Gasteiger partial charge >= 0.3 is 12.2 Å².